The topological polar surface area (TPSA) is 104 Å². The highest BCUT2D eigenvalue weighted by atomic mass is 32.2. The molecule has 1 aliphatic carbocycles. The third kappa shape index (κ3) is 4.87. The molecule has 1 aliphatic rings. The van der Waals surface area contributed by atoms with Gasteiger partial charge >= 0.3 is 5.97 Å². The van der Waals surface area contributed by atoms with Gasteiger partial charge in [0.25, 0.3) is 0 Å². The van der Waals surface area contributed by atoms with Gasteiger partial charge in [-0.15, -0.1) is 0 Å². The lowest BCUT2D eigenvalue weighted by Crippen LogP contribution is -2.52. The fourth-order valence-electron chi connectivity index (χ4n) is 3.50. The van der Waals surface area contributed by atoms with Gasteiger partial charge in [-0.05, 0) is 37.0 Å². The lowest BCUT2D eigenvalue weighted by atomic mass is 9.97. The first-order valence-corrected chi connectivity index (χ1v) is 10.8. The van der Waals surface area contributed by atoms with Gasteiger partial charge in [0, 0.05) is 19.5 Å². The van der Waals surface area contributed by atoms with Crippen LogP contribution in [0, 0.1) is 0 Å². The fourth-order valence-corrected chi connectivity index (χ4v) is 4.96. The van der Waals surface area contributed by atoms with Crippen molar-refractivity contribution in [2.75, 3.05) is 13.1 Å². The molecule has 1 aromatic rings. The predicted molar refractivity (Wildman–Crippen MR) is 102 cm³/mol. The molecule has 1 saturated carbocycles. The van der Waals surface area contributed by atoms with Crippen LogP contribution in [0.4, 0.5) is 0 Å². The third-order valence-electron chi connectivity index (χ3n) is 5.15. The van der Waals surface area contributed by atoms with Crippen LogP contribution in [0.2, 0.25) is 0 Å². The summed E-state index contributed by atoms with van der Waals surface area (Å²) in [5, 5.41) is 12.1. The first kappa shape index (κ1) is 21.4. The van der Waals surface area contributed by atoms with Crippen molar-refractivity contribution in [1.82, 2.24) is 9.62 Å². The van der Waals surface area contributed by atoms with E-state index in [1.807, 2.05) is 0 Å². The summed E-state index contributed by atoms with van der Waals surface area (Å²) in [5.74, 6) is -1.27. The zero-order valence-electron chi connectivity index (χ0n) is 15.9. The van der Waals surface area contributed by atoms with Gasteiger partial charge in [0.05, 0.1) is 4.90 Å². The van der Waals surface area contributed by atoms with Crippen LogP contribution in [0.3, 0.4) is 0 Å². The number of aryl methyl sites for hydroxylation is 1. The number of rotatable bonds is 9. The molecule has 2 rings (SSSR count). The Morgan fingerprint density at radius 1 is 1.11 bits per heavy atom. The number of aliphatic carboxylic acids is 1. The van der Waals surface area contributed by atoms with Crippen molar-refractivity contribution in [3.05, 3.63) is 29.8 Å². The minimum absolute atomic E-state index is 0.164. The molecule has 1 aromatic carbocycles. The van der Waals surface area contributed by atoms with E-state index in [0.29, 0.717) is 32.4 Å². The van der Waals surface area contributed by atoms with Crippen molar-refractivity contribution in [2.45, 2.75) is 62.8 Å². The second-order valence-corrected chi connectivity index (χ2v) is 8.81. The van der Waals surface area contributed by atoms with Crippen LogP contribution in [0.5, 0.6) is 0 Å². The Hall–Kier alpha value is -1.93. The number of sulfonamides is 1. The van der Waals surface area contributed by atoms with Crippen molar-refractivity contribution < 1.29 is 23.1 Å². The molecular weight excluding hydrogens is 368 g/mol. The van der Waals surface area contributed by atoms with Gasteiger partial charge in [-0.3, -0.25) is 4.79 Å². The van der Waals surface area contributed by atoms with Crippen molar-refractivity contribution >= 4 is 21.9 Å². The van der Waals surface area contributed by atoms with Crippen LogP contribution < -0.4 is 5.32 Å². The maximum atomic E-state index is 12.5. The average molecular weight is 397 g/mol. The molecule has 150 valence electrons. The molecule has 27 heavy (non-hydrogen) atoms. The lowest BCUT2D eigenvalue weighted by molar-refractivity contribution is -0.147. The number of hydrogen-bond donors (Lipinski definition) is 2. The summed E-state index contributed by atoms with van der Waals surface area (Å²) in [5.41, 5.74) is -0.293. The monoisotopic (exact) mass is 396 g/mol. The van der Waals surface area contributed by atoms with Gasteiger partial charge in [0.15, 0.2) is 0 Å². The van der Waals surface area contributed by atoms with Crippen LogP contribution in [0.25, 0.3) is 0 Å². The molecule has 0 unspecified atom stereocenters. The number of benzene rings is 1. The summed E-state index contributed by atoms with van der Waals surface area (Å²) >= 11 is 0. The first-order valence-electron chi connectivity index (χ1n) is 9.38. The predicted octanol–water partition coefficient (Wildman–Crippen LogP) is 2.16. The molecular formula is C19H28N2O5S. The van der Waals surface area contributed by atoms with E-state index in [2.05, 4.69) is 5.32 Å². The molecule has 8 heteroatoms. The van der Waals surface area contributed by atoms with Crippen LogP contribution in [0.1, 0.15) is 51.5 Å². The Kier molecular flexibility index (Phi) is 7.00. The van der Waals surface area contributed by atoms with Crippen molar-refractivity contribution in [1.29, 1.82) is 0 Å². The van der Waals surface area contributed by atoms with Gasteiger partial charge in [0.2, 0.25) is 15.9 Å². The molecule has 0 saturated heterocycles. The van der Waals surface area contributed by atoms with E-state index in [9.17, 15) is 23.1 Å². The summed E-state index contributed by atoms with van der Waals surface area (Å²) < 4.78 is 26.3. The lowest BCUT2D eigenvalue weighted by Gasteiger charge is -2.25. The van der Waals surface area contributed by atoms with Crippen molar-refractivity contribution in [3.63, 3.8) is 0 Å². The van der Waals surface area contributed by atoms with E-state index >= 15 is 0 Å². The molecule has 7 nitrogen and oxygen atoms in total. The molecule has 2 N–H and O–H groups in total. The summed E-state index contributed by atoms with van der Waals surface area (Å²) in [6.07, 6.45) is 3.12. The number of carbonyl (C=O) groups excluding carboxylic acids is 1. The normalized spacial score (nSPS) is 16.4. The molecule has 0 atom stereocenters. The maximum Gasteiger partial charge on any atom is 0.329 e. The standard InChI is InChI=1S/C19H28N2O5S/c1-3-21(4-2)27(25,26)16-10-7-15(8-11-16)9-12-17(22)20-19(18(23)24)13-5-6-14-19/h7-8,10-11H,3-6,9,12-14H2,1-2H3,(H,20,22)(H,23,24). The molecule has 0 aromatic heterocycles. The van der Waals surface area contributed by atoms with E-state index in [1.54, 1.807) is 38.1 Å². The highest BCUT2D eigenvalue weighted by Gasteiger charge is 2.42. The number of carboxylic acids is 1. The summed E-state index contributed by atoms with van der Waals surface area (Å²) in [6, 6.07) is 6.51. The second-order valence-electron chi connectivity index (χ2n) is 6.88. The van der Waals surface area contributed by atoms with Gasteiger partial charge in [0.1, 0.15) is 5.54 Å². The minimum atomic E-state index is -3.49. The molecule has 0 heterocycles. The molecule has 0 radical (unpaired) electrons. The van der Waals surface area contributed by atoms with Crippen molar-refractivity contribution in [2.24, 2.45) is 0 Å². The number of amides is 1. The third-order valence-corrected chi connectivity index (χ3v) is 7.22. The second kappa shape index (κ2) is 8.84. The van der Waals surface area contributed by atoms with E-state index < -0.39 is 21.5 Å². The maximum absolute atomic E-state index is 12.5. The van der Waals surface area contributed by atoms with Crippen molar-refractivity contribution in [3.8, 4) is 0 Å². The zero-order valence-corrected chi connectivity index (χ0v) is 16.7. The Morgan fingerprint density at radius 3 is 2.15 bits per heavy atom. The Balaban J connectivity index is 1.97. The van der Waals surface area contributed by atoms with Crippen LogP contribution >= 0.6 is 0 Å². The molecule has 0 spiro atoms. The van der Waals surface area contributed by atoms with Gasteiger partial charge in [-0.25, -0.2) is 13.2 Å². The number of carbonyl (C=O) groups is 2. The number of nitrogens with one attached hydrogen (secondary N) is 1. The average Bonchev–Trinajstić information content (AvgIpc) is 3.11. The highest BCUT2D eigenvalue weighted by molar-refractivity contribution is 7.89. The Labute approximate surface area is 160 Å². The van der Waals surface area contributed by atoms with E-state index in [4.69, 9.17) is 0 Å². The summed E-state index contributed by atoms with van der Waals surface area (Å²) in [4.78, 5) is 23.9. The summed E-state index contributed by atoms with van der Waals surface area (Å²) in [6.45, 7) is 4.41. The minimum Gasteiger partial charge on any atom is -0.480 e. The zero-order chi connectivity index (χ0) is 20.1. The fraction of sp³-hybridized carbons (Fsp3) is 0.579. The van der Waals surface area contributed by atoms with Gasteiger partial charge in [-0.2, -0.15) is 4.31 Å². The highest BCUT2D eigenvalue weighted by Crippen LogP contribution is 2.30. The molecule has 0 aliphatic heterocycles. The van der Waals surface area contributed by atoms with Gasteiger partial charge in [-0.1, -0.05) is 38.8 Å². The molecule has 0 bridgehead atoms. The Morgan fingerprint density at radius 2 is 1.67 bits per heavy atom. The largest absolute Gasteiger partial charge is 0.480 e. The number of carboxylic acid groups (broad SMARTS) is 1. The Bertz CT molecular complexity index is 764. The molecule has 1 fully saturated rings. The van der Waals surface area contributed by atoms with E-state index in [0.717, 1.165) is 18.4 Å². The quantitative estimate of drug-likeness (QED) is 0.666. The van der Waals surface area contributed by atoms with Crippen LogP contribution in [-0.2, 0) is 26.0 Å². The summed E-state index contributed by atoms with van der Waals surface area (Å²) in [7, 11) is -3.49. The van der Waals surface area contributed by atoms with E-state index in [1.165, 1.54) is 4.31 Å². The first-order chi connectivity index (χ1) is 12.7. The van der Waals surface area contributed by atoms with Gasteiger partial charge < -0.3 is 10.4 Å². The molecule has 1 amide bonds. The smallest absolute Gasteiger partial charge is 0.329 e. The van der Waals surface area contributed by atoms with Crippen LogP contribution in [0.15, 0.2) is 29.2 Å². The number of hydrogen-bond acceptors (Lipinski definition) is 4. The SMILES string of the molecule is CCN(CC)S(=O)(=O)c1ccc(CCC(=O)NC2(C(=O)O)CCCC2)cc1. The number of nitrogens with zero attached hydrogens (tertiary/aromatic N) is 1. The van der Waals surface area contributed by atoms with E-state index in [-0.39, 0.29) is 17.2 Å². The van der Waals surface area contributed by atoms with Crippen LogP contribution in [-0.4, -0.2) is 48.3 Å².